The van der Waals surface area contributed by atoms with Gasteiger partial charge in [-0.3, -0.25) is 4.40 Å². The summed E-state index contributed by atoms with van der Waals surface area (Å²) in [6.45, 7) is 3.38. The number of anilines is 1. The molecule has 0 saturated carbocycles. The lowest BCUT2D eigenvalue weighted by Crippen LogP contribution is -2.22. The molecule has 35 heavy (non-hydrogen) atoms. The number of sulfone groups is 1. The van der Waals surface area contributed by atoms with Crippen LogP contribution >= 0.6 is 0 Å². The lowest BCUT2D eigenvalue weighted by Gasteiger charge is -2.24. The zero-order valence-electron chi connectivity index (χ0n) is 19.0. The van der Waals surface area contributed by atoms with Gasteiger partial charge in [0.25, 0.3) is 6.43 Å². The van der Waals surface area contributed by atoms with E-state index in [0.29, 0.717) is 41.2 Å². The third-order valence-electron chi connectivity index (χ3n) is 6.48. The zero-order valence-corrected chi connectivity index (χ0v) is 19.9. The Bertz CT molecular complexity index is 1530. The van der Waals surface area contributed by atoms with E-state index in [4.69, 9.17) is 0 Å². The van der Waals surface area contributed by atoms with E-state index >= 15 is 0 Å². The number of aryl methyl sites for hydroxylation is 1. The van der Waals surface area contributed by atoms with Gasteiger partial charge in [-0.05, 0) is 38.7 Å². The topological polar surface area (TPSA) is 102 Å². The van der Waals surface area contributed by atoms with E-state index in [9.17, 15) is 21.6 Å². The number of halogens is 3. The molecule has 3 aromatic heterocycles. The Kier molecular flexibility index (Phi) is 5.86. The minimum absolute atomic E-state index is 0.0404. The maximum absolute atomic E-state index is 14.8. The van der Waals surface area contributed by atoms with Gasteiger partial charge in [0.15, 0.2) is 11.3 Å². The van der Waals surface area contributed by atoms with Crippen LogP contribution in [0.5, 0.6) is 0 Å². The smallest absolute Gasteiger partial charge is 0.266 e. The predicted octanol–water partition coefficient (Wildman–Crippen LogP) is 4.52. The molecule has 1 saturated heterocycles. The third-order valence-corrected chi connectivity index (χ3v) is 8.19. The van der Waals surface area contributed by atoms with E-state index in [1.807, 2.05) is 6.07 Å². The molecule has 1 fully saturated rings. The first-order chi connectivity index (χ1) is 16.6. The van der Waals surface area contributed by atoms with Gasteiger partial charge in [0.1, 0.15) is 33.6 Å². The second-order valence-electron chi connectivity index (χ2n) is 8.82. The predicted molar refractivity (Wildman–Crippen MR) is 125 cm³/mol. The minimum atomic E-state index is -3.05. The van der Waals surface area contributed by atoms with Crippen molar-refractivity contribution in [2.45, 2.75) is 45.1 Å². The van der Waals surface area contributed by atoms with Crippen LogP contribution in [0.1, 0.15) is 60.7 Å². The Balaban J connectivity index is 1.61. The van der Waals surface area contributed by atoms with Crippen molar-refractivity contribution >= 4 is 32.3 Å². The molecular formula is C23H23F3N6O2S. The average Bonchev–Trinajstić information content (AvgIpc) is 3.29. The van der Waals surface area contributed by atoms with Crippen LogP contribution in [0.15, 0.2) is 30.6 Å². The second-order valence-corrected chi connectivity index (χ2v) is 11.1. The third kappa shape index (κ3) is 4.30. The van der Waals surface area contributed by atoms with Crippen LogP contribution in [0, 0.1) is 12.7 Å². The van der Waals surface area contributed by atoms with E-state index in [0.717, 1.165) is 11.6 Å². The summed E-state index contributed by atoms with van der Waals surface area (Å²) in [5.41, 5.74) is 1.39. The number of fused-ring (bicyclic) bond motifs is 3. The van der Waals surface area contributed by atoms with Gasteiger partial charge in [0, 0.05) is 11.1 Å². The van der Waals surface area contributed by atoms with Crippen LogP contribution in [0.3, 0.4) is 0 Å². The maximum atomic E-state index is 14.8. The molecule has 1 N–H and O–H groups in total. The van der Waals surface area contributed by atoms with Crippen LogP contribution in [0.4, 0.5) is 19.0 Å². The SMILES string of the molecule is Cc1nc(N[C@H](C)c2cccc(C(F)F)c2F)c2cc(C3CCS(=O)(=O)CC3)c3nncn3c2n1. The normalized spacial score (nSPS) is 17.3. The molecule has 1 aliphatic heterocycles. The number of pyridine rings is 1. The number of nitrogens with zero attached hydrogens (tertiary/aromatic N) is 5. The first-order valence-corrected chi connectivity index (χ1v) is 13.0. The monoisotopic (exact) mass is 504 g/mol. The molecule has 1 aromatic carbocycles. The number of nitrogens with one attached hydrogen (secondary N) is 1. The molecule has 0 amide bonds. The highest BCUT2D eigenvalue weighted by Crippen LogP contribution is 2.36. The molecule has 184 valence electrons. The van der Waals surface area contributed by atoms with Crippen molar-refractivity contribution in [1.82, 2.24) is 24.6 Å². The van der Waals surface area contributed by atoms with E-state index in [1.165, 1.54) is 18.5 Å². The van der Waals surface area contributed by atoms with E-state index in [1.54, 1.807) is 18.2 Å². The summed E-state index contributed by atoms with van der Waals surface area (Å²) in [5, 5.41) is 12.1. The van der Waals surface area contributed by atoms with Gasteiger partial charge in [-0.25, -0.2) is 31.6 Å². The second kappa shape index (κ2) is 8.74. The molecule has 0 bridgehead atoms. The molecule has 12 heteroatoms. The zero-order chi connectivity index (χ0) is 24.9. The Labute approximate surface area is 199 Å². The van der Waals surface area contributed by atoms with Gasteiger partial charge in [-0.15, -0.1) is 10.2 Å². The summed E-state index contributed by atoms with van der Waals surface area (Å²) in [6.07, 6.45) is -0.457. The summed E-state index contributed by atoms with van der Waals surface area (Å²) >= 11 is 0. The summed E-state index contributed by atoms with van der Waals surface area (Å²) in [4.78, 5) is 9.06. The number of aromatic nitrogens is 5. The molecule has 1 aliphatic rings. The van der Waals surface area contributed by atoms with Crippen LogP contribution in [-0.2, 0) is 9.84 Å². The van der Waals surface area contributed by atoms with Crippen LogP contribution < -0.4 is 5.32 Å². The Morgan fingerprint density at radius 3 is 2.54 bits per heavy atom. The lowest BCUT2D eigenvalue weighted by atomic mass is 9.93. The summed E-state index contributed by atoms with van der Waals surface area (Å²) in [6, 6.07) is 5.13. The Morgan fingerprint density at radius 1 is 1.11 bits per heavy atom. The summed E-state index contributed by atoms with van der Waals surface area (Å²) in [5.74, 6) is 0.0526. The highest BCUT2D eigenvalue weighted by molar-refractivity contribution is 7.91. The quantitative estimate of drug-likeness (QED) is 0.426. The van der Waals surface area contributed by atoms with Gasteiger partial charge in [-0.1, -0.05) is 18.2 Å². The molecule has 8 nitrogen and oxygen atoms in total. The fourth-order valence-corrected chi connectivity index (χ4v) is 6.15. The Morgan fingerprint density at radius 2 is 1.83 bits per heavy atom. The fourth-order valence-electron chi connectivity index (χ4n) is 4.66. The largest absolute Gasteiger partial charge is 0.363 e. The van der Waals surface area contributed by atoms with Gasteiger partial charge >= 0.3 is 0 Å². The first-order valence-electron chi connectivity index (χ1n) is 11.2. The Hall–Kier alpha value is -3.28. The minimum Gasteiger partial charge on any atom is -0.363 e. The van der Waals surface area contributed by atoms with Crippen molar-refractivity contribution < 1.29 is 21.6 Å². The van der Waals surface area contributed by atoms with Crippen molar-refractivity contribution in [1.29, 1.82) is 0 Å². The van der Waals surface area contributed by atoms with Crippen molar-refractivity contribution in [3.8, 4) is 0 Å². The first kappa shape index (κ1) is 23.5. The molecule has 4 heterocycles. The van der Waals surface area contributed by atoms with Crippen molar-refractivity contribution in [2.24, 2.45) is 0 Å². The van der Waals surface area contributed by atoms with Gasteiger partial charge in [-0.2, -0.15) is 0 Å². The van der Waals surface area contributed by atoms with Crippen molar-refractivity contribution in [3.63, 3.8) is 0 Å². The van der Waals surface area contributed by atoms with Crippen molar-refractivity contribution in [3.05, 3.63) is 58.9 Å². The number of hydrogen-bond acceptors (Lipinski definition) is 7. The van der Waals surface area contributed by atoms with E-state index in [2.05, 4.69) is 25.5 Å². The van der Waals surface area contributed by atoms with Crippen LogP contribution in [0.2, 0.25) is 0 Å². The highest BCUT2D eigenvalue weighted by atomic mass is 32.2. The van der Waals surface area contributed by atoms with Gasteiger partial charge in [0.2, 0.25) is 0 Å². The standard InChI is InChI=1S/C23H23F3N6O2S/c1-12(15-4-3-5-16(19(15)24)20(25)26)28-21-18-10-17(14-6-8-35(33,34)9-7-14)23-31-27-11-32(23)22(18)30-13(2)29-21/h3-5,10-12,14,20H,6-9H2,1-2H3,(H,28,29,30)/t12-/m1/s1. The molecule has 0 radical (unpaired) electrons. The van der Waals surface area contributed by atoms with Gasteiger partial charge < -0.3 is 5.32 Å². The number of benzene rings is 1. The summed E-state index contributed by atoms with van der Waals surface area (Å²) < 4.78 is 66.8. The molecule has 0 aliphatic carbocycles. The van der Waals surface area contributed by atoms with E-state index in [-0.39, 0.29) is 23.0 Å². The fraction of sp³-hybridized carbons (Fsp3) is 0.391. The van der Waals surface area contributed by atoms with Crippen LogP contribution in [0.25, 0.3) is 16.7 Å². The number of alkyl halides is 2. The van der Waals surface area contributed by atoms with Crippen LogP contribution in [-0.4, -0.2) is 44.5 Å². The van der Waals surface area contributed by atoms with Crippen molar-refractivity contribution in [2.75, 3.05) is 16.8 Å². The van der Waals surface area contributed by atoms with E-state index < -0.39 is 33.7 Å². The number of rotatable bonds is 5. The number of hydrogen-bond donors (Lipinski definition) is 1. The molecule has 0 unspecified atom stereocenters. The molecular weight excluding hydrogens is 481 g/mol. The molecule has 0 spiro atoms. The molecule has 4 aromatic rings. The average molecular weight is 505 g/mol. The maximum Gasteiger partial charge on any atom is 0.266 e. The molecule has 5 rings (SSSR count). The lowest BCUT2D eigenvalue weighted by molar-refractivity contribution is 0.146. The molecule has 1 atom stereocenters. The summed E-state index contributed by atoms with van der Waals surface area (Å²) in [7, 11) is -3.05. The van der Waals surface area contributed by atoms with Gasteiger partial charge in [0.05, 0.1) is 28.5 Å². The highest BCUT2D eigenvalue weighted by Gasteiger charge is 2.28.